The van der Waals surface area contributed by atoms with Gasteiger partial charge in [-0.2, -0.15) is 0 Å². The minimum absolute atomic E-state index is 0.0174. The molecule has 1 aromatic rings. The van der Waals surface area contributed by atoms with Crippen LogP contribution in [0.25, 0.3) is 0 Å². The molecule has 1 aliphatic carbocycles. The van der Waals surface area contributed by atoms with Gasteiger partial charge in [0.25, 0.3) is 0 Å². The van der Waals surface area contributed by atoms with Gasteiger partial charge in [0, 0.05) is 26.2 Å². The molecular weight excluding hydrogens is 322 g/mol. The third-order valence-electron chi connectivity index (χ3n) is 4.66. The zero-order chi connectivity index (χ0) is 17.8. The Balaban J connectivity index is 1.54. The standard InChI is InChI=1S/C18H23N3O4/c1-2-25-16-6-4-3-5-15(16)19-17(23)13-11-14(13)18(24)21-9-7-20(12-22)8-10-21/h3-6,12-14H,2,7-11H2,1H3,(H,19,23). The molecule has 1 aromatic carbocycles. The van der Waals surface area contributed by atoms with Crippen LogP contribution in [0, 0.1) is 11.8 Å². The molecule has 2 unspecified atom stereocenters. The fourth-order valence-electron chi connectivity index (χ4n) is 3.12. The summed E-state index contributed by atoms with van der Waals surface area (Å²) in [6.45, 7) is 4.59. The van der Waals surface area contributed by atoms with E-state index in [0.29, 0.717) is 50.6 Å². The second kappa shape index (κ2) is 7.55. The van der Waals surface area contributed by atoms with E-state index in [9.17, 15) is 14.4 Å². The van der Waals surface area contributed by atoms with E-state index in [2.05, 4.69) is 5.32 Å². The molecule has 134 valence electrons. The van der Waals surface area contributed by atoms with Crippen LogP contribution in [-0.2, 0) is 14.4 Å². The second-order valence-corrected chi connectivity index (χ2v) is 6.33. The molecule has 1 saturated carbocycles. The quantitative estimate of drug-likeness (QED) is 0.779. The Hall–Kier alpha value is -2.57. The highest BCUT2D eigenvalue weighted by atomic mass is 16.5. The normalized spacial score (nSPS) is 22.3. The van der Waals surface area contributed by atoms with E-state index >= 15 is 0 Å². The van der Waals surface area contributed by atoms with Gasteiger partial charge in [0.1, 0.15) is 5.75 Å². The topological polar surface area (TPSA) is 79.0 Å². The Morgan fingerprint density at radius 1 is 1.20 bits per heavy atom. The maximum atomic E-state index is 12.5. The largest absolute Gasteiger partial charge is 0.492 e. The van der Waals surface area contributed by atoms with Gasteiger partial charge in [0.15, 0.2) is 0 Å². The Morgan fingerprint density at radius 3 is 2.60 bits per heavy atom. The maximum Gasteiger partial charge on any atom is 0.228 e. The van der Waals surface area contributed by atoms with Crippen molar-refractivity contribution in [3.05, 3.63) is 24.3 Å². The van der Waals surface area contributed by atoms with E-state index in [4.69, 9.17) is 4.74 Å². The van der Waals surface area contributed by atoms with Gasteiger partial charge in [-0.15, -0.1) is 0 Å². The number of carbonyl (C=O) groups excluding carboxylic acids is 3. The number of ether oxygens (including phenoxy) is 1. The highest BCUT2D eigenvalue weighted by molar-refractivity contribution is 6.00. The summed E-state index contributed by atoms with van der Waals surface area (Å²) < 4.78 is 5.51. The van der Waals surface area contributed by atoms with E-state index in [1.165, 1.54) is 0 Å². The monoisotopic (exact) mass is 345 g/mol. The molecule has 1 heterocycles. The third kappa shape index (κ3) is 3.92. The lowest BCUT2D eigenvalue weighted by Gasteiger charge is -2.32. The van der Waals surface area contributed by atoms with Crippen molar-refractivity contribution >= 4 is 23.9 Å². The molecule has 3 rings (SSSR count). The van der Waals surface area contributed by atoms with E-state index in [0.717, 1.165) is 6.41 Å². The molecular formula is C18H23N3O4. The Labute approximate surface area is 146 Å². The van der Waals surface area contributed by atoms with Gasteiger partial charge in [0.05, 0.1) is 24.1 Å². The number of anilines is 1. The molecule has 1 saturated heterocycles. The highest BCUT2D eigenvalue weighted by Crippen LogP contribution is 2.41. The summed E-state index contributed by atoms with van der Waals surface area (Å²) in [5.74, 6) is -0.0268. The molecule has 2 fully saturated rings. The molecule has 3 amide bonds. The SMILES string of the molecule is CCOc1ccccc1NC(=O)C1CC1C(=O)N1CCN(C=O)CC1. The number of para-hydroxylation sites is 2. The van der Waals surface area contributed by atoms with Crippen LogP contribution >= 0.6 is 0 Å². The lowest BCUT2D eigenvalue weighted by molar-refractivity contribution is -0.137. The molecule has 7 nitrogen and oxygen atoms in total. The number of benzene rings is 1. The molecule has 1 aliphatic heterocycles. The van der Waals surface area contributed by atoms with Gasteiger partial charge < -0.3 is 19.9 Å². The van der Waals surface area contributed by atoms with Crippen LogP contribution in [0.4, 0.5) is 5.69 Å². The molecule has 0 spiro atoms. The van der Waals surface area contributed by atoms with Gasteiger partial charge in [-0.3, -0.25) is 14.4 Å². The first-order chi connectivity index (χ1) is 12.1. The van der Waals surface area contributed by atoms with Gasteiger partial charge in [-0.25, -0.2) is 0 Å². The number of hydrogen-bond donors (Lipinski definition) is 1. The fraction of sp³-hybridized carbons (Fsp3) is 0.500. The number of nitrogens with one attached hydrogen (secondary N) is 1. The van der Waals surface area contributed by atoms with Crippen LogP contribution < -0.4 is 10.1 Å². The maximum absolute atomic E-state index is 12.5. The minimum atomic E-state index is -0.286. The molecule has 1 N–H and O–H groups in total. The Bertz CT molecular complexity index is 655. The molecule has 0 radical (unpaired) electrons. The number of amides is 3. The zero-order valence-corrected chi connectivity index (χ0v) is 14.3. The Kier molecular flexibility index (Phi) is 5.21. The summed E-state index contributed by atoms with van der Waals surface area (Å²) in [6, 6.07) is 7.28. The summed E-state index contributed by atoms with van der Waals surface area (Å²) >= 11 is 0. The second-order valence-electron chi connectivity index (χ2n) is 6.33. The van der Waals surface area contributed by atoms with Crippen molar-refractivity contribution in [3.63, 3.8) is 0 Å². The van der Waals surface area contributed by atoms with Gasteiger partial charge in [-0.05, 0) is 25.5 Å². The fourth-order valence-corrected chi connectivity index (χ4v) is 3.12. The first-order valence-electron chi connectivity index (χ1n) is 8.65. The van der Waals surface area contributed by atoms with Crippen LogP contribution in [-0.4, -0.2) is 60.8 Å². The number of hydrogen-bond acceptors (Lipinski definition) is 4. The third-order valence-corrected chi connectivity index (χ3v) is 4.66. The van der Waals surface area contributed by atoms with Gasteiger partial charge >= 0.3 is 0 Å². The zero-order valence-electron chi connectivity index (χ0n) is 14.3. The molecule has 25 heavy (non-hydrogen) atoms. The predicted molar refractivity (Wildman–Crippen MR) is 92.1 cm³/mol. The van der Waals surface area contributed by atoms with Crippen LogP contribution in [0.5, 0.6) is 5.75 Å². The smallest absolute Gasteiger partial charge is 0.228 e. The van der Waals surface area contributed by atoms with Crippen molar-refractivity contribution in [1.82, 2.24) is 9.80 Å². The molecule has 0 aromatic heterocycles. The van der Waals surface area contributed by atoms with Gasteiger partial charge in [-0.1, -0.05) is 12.1 Å². The number of carbonyl (C=O) groups is 3. The Morgan fingerprint density at radius 2 is 1.92 bits per heavy atom. The van der Waals surface area contributed by atoms with Crippen molar-refractivity contribution in [2.45, 2.75) is 13.3 Å². The van der Waals surface area contributed by atoms with E-state index in [1.54, 1.807) is 21.9 Å². The van der Waals surface area contributed by atoms with E-state index < -0.39 is 0 Å². The summed E-state index contributed by atoms with van der Waals surface area (Å²) in [4.78, 5) is 39.1. The van der Waals surface area contributed by atoms with Crippen LogP contribution in [0.2, 0.25) is 0 Å². The number of piperazine rings is 1. The molecule has 7 heteroatoms. The van der Waals surface area contributed by atoms with Crippen molar-refractivity contribution in [1.29, 1.82) is 0 Å². The highest BCUT2D eigenvalue weighted by Gasteiger charge is 2.49. The van der Waals surface area contributed by atoms with Crippen LogP contribution in [0.15, 0.2) is 24.3 Å². The summed E-state index contributed by atoms with van der Waals surface area (Å²) in [5.41, 5.74) is 0.632. The molecule has 2 aliphatic rings. The predicted octanol–water partition coefficient (Wildman–Crippen LogP) is 0.960. The summed E-state index contributed by atoms with van der Waals surface area (Å²) in [5, 5.41) is 2.87. The average molecular weight is 345 g/mol. The van der Waals surface area contributed by atoms with Crippen LogP contribution in [0.3, 0.4) is 0 Å². The average Bonchev–Trinajstić information content (AvgIpc) is 3.44. The minimum Gasteiger partial charge on any atom is -0.492 e. The first-order valence-corrected chi connectivity index (χ1v) is 8.65. The van der Waals surface area contributed by atoms with Crippen molar-refractivity contribution < 1.29 is 19.1 Å². The molecule has 0 bridgehead atoms. The lowest BCUT2D eigenvalue weighted by atomic mass is 10.2. The number of rotatable bonds is 6. The van der Waals surface area contributed by atoms with Crippen molar-refractivity contribution in [2.24, 2.45) is 11.8 Å². The van der Waals surface area contributed by atoms with Crippen molar-refractivity contribution in [2.75, 3.05) is 38.1 Å². The van der Waals surface area contributed by atoms with Crippen LogP contribution in [0.1, 0.15) is 13.3 Å². The van der Waals surface area contributed by atoms with E-state index in [1.807, 2.05) is 19.1 Å². The number of nitrogens with zero attached hydrogens (tertiary/aromatic N) is 2. The molecule has 2 atom stereocenters. The van der Waals surface area contributed by atoms with Gasteiger partial charge in [0.2, 0.25) is 18.2 Å². The first kappa shape index (κ1) is 17.3. The van der Waals surface area contributed by atoms with E-state index in [-0.39, 0.29) is 23.7 Å². The summed E-state index contributed by atoms with van der Waals surface area (Å²) in [7, 11) is 0. The lowest BCUT2D eigenvalue weighted by Crippen LogP contribution is -2.48. The summed E-state index contributed by atoms with van der Waals surface area (Å²) in [6.07, 6.45) is 1.39. The van der Waals surface area contributed by atoms with Crippen molar-refractivity contribution in [3.8, 4) is 5.75 Å².